The maximum absolute atomic E-state index is 13.2. The van der Waals surface area contributed by atoms with E-state index in [-0.39, 0.29) is 18.3 Å². The number of hydrogen-bond acceptors (Lipinski definition) is 6. The van der Waals surface area contributed by atoms with Crippen LogP contribution in [0, 0.1) is 5.82 Å². The molecule has 3 aromatic rings. The molecule has 0 N–H and O–H groups in total. The molecule has 0 bridgehead atoms. The molecule has 0 radical (unpaired) electrons. The Morgan fingerprint density at radius 3 is 2.53 bits per heavy atom. The molecule has 0 spiro atoms. The summed E-state index contributed by atoms with van der Waals surface area (Å²) in [5.74, 6) is 0.530. The van der Waals surface area contributed by atoms with Gasteiger partial charge in [-0.2, -0.15) is 0 Å². The third-order valence-electron chi connectivity index (χ3n) is 4.84. The molecule has 1 saturated heterocycles. The van der Waals surface area contributed by atoms with E-state index in [9.17, 15) is 9.18 Å². The molecular weight excluding hydrogens is 405 g/mol. The summed E-state index contributed by atoms with van der Waals surface area (Å²) >= 11 is 1.25. The monoisotopic (exact) mass is 427 g/mol. The third kappa shape index (κ3) is 5.18. The highest BCUT2D eigenvalue weighted by atomic mass is 32.2. The number of nitrogens with zero attached hydrogens (tertiary/aromatic N) is 3. The fourth-order valence-electron chi connectivity index (χ4n) is 3.29. The van der Waals surface area contributed by atoms with E-state index in [0.717, 1.165) is 37.9 Å². The summed E-state index contributed by atoms with van der Waals surface area (Å²) in [5, 5.41) is 7.94. The maximum Gasteiger partial charge on any atom is 0.277 e. The first-order valence-corrected chi connectivity index (χ1v) is 10.8. The Balaban J connectivity index is 1.45. The maximum atomic E-state index is 13.2. The van der Waals surface area contributed by atoms with Gasteiger partial charge in [-0.25, -0.2) is 4.39 Å². The molecule has 8 heteroatoms. The van der Waals surface area contributed by atoms with Crippen LogP contribution in [-0.4, -0.2) is 34.1 Å². The molecule has 30 heavy (non-hydrogen) atoms. The fraction of sp³-hybridized carbons (Fsp3) is 0.318. The number of hydrogen-bond donors (Lipinski definition) is 0. The van der Waals surface area contributed by atoms with Gasteiger partial charge in [0.25, 0.3) is 11.1 Å². The van der Waals surface area contributed by atoms with Crippen molar-refractivity contribution in [3.8, 4) is 5.75 Å². The van der Waals surface area contributed by atoms with E-state index in [4.69, 9.17) is 9.15 Å². The van der Waals surface area contributed by atoms with E-state index in [1.165, 1.54) is 36.0 Å². The SMILES string of the molecule is O=C(C(Sc1nnc(COc2ccc(F)cc2)o1)c1ccccc1)N1CCCCC1. The number of benzene rings is 2. The standard InChI is InChI=1S/C22H22FN3O3S/c23-17-9-11-18(12-10-17)28-15-19-24-25-22(29-19)30-20(16-7-3-1-4-8-16)21(27)26-13-5-2-6-14-26/h1,3-4,7-12,20H,2,5-6,13-15H2. The lowest BCUT2D eigenvalue weighted by Gasteiger charge is -2.29. The van der Waals surface area contributed by atoms with Crippen molar-refractivity contribution in [2.24, 2.45) is 0 Å². The van der Waals surface area contributed by atoms with E-state index in [0.29, 0.717) is 16.9 Å². The smallest absolute Gasteiger partial charge is 0.277 e. The molecule has 1 unspecified atom stereocenters. The van der Waals surface area contributed by atoms with Gasteiger partial charge in [0.1, 0.15) is 16.8 Å². The number of amides is 1. The zero-order valence-electron chi connectivity index (χ0n) is 16.4. The van der Waals surface area contributed by atoms with Gasteiger partial charge in [0.15, 0.2) is 6.61 Å². The second-order valence-electron chi connectivity index (χ2n) is 7.00. The molecule has 4 rings (SSSR count). The van der Waals surface area contributed by atoms with Crippen molar-refractivity contribution < 1.29 is 18.3 Å². The first kappa shape index (κ1) is 20.4. The van der Waals surface area contributed by atoms with Gasteiger partial charge in [-0.15, -0.1) is 10.2 Å². The van der Waals surface area contributed by atoms with E-state index in [2.05, 4.69) is 10.2 Å². The second-order valence-corrected chi connectivity index (χ2v) is 8.06. The molecule has 0 aliphatic carbocycles. The van der Waals surface area contributed by atoms with Gasteiger partial charge in [-0.1, -0.05) is 30.3 Å². The lowest BCUT2D eigenvalue weighted by Crippen LogP contribution is -2.38. The largest absolute Gasteiger partial charge is 0.484 e. The van der Waals surface area contributed by atoms with Crippen LogP contribution >= 0.6 is 11.8 Å². The highest BCUT2D eigenvalue weighted by Crippen LogP contribution is 2.36. The zero-order chi connectivity index (χ0) is 20.8. The molecular formula is C22H22FN3O3S. The summed E-state index contributed by atoms with van der Waals surface area (Å²) in [5.41, 5.74) is 0.903. The van der Waals surface area contributed by atoms with Gasteiger partial charge in [0.2, 0.25) is 5.91 Å². The predicted molar refractivity (Wildman–Crippen MR) is 111 cm³/mol. The lowest BCUT2D eigenvalue weighted by molar-refractivity contribution is -0.131. The van der Waals surface area contributed by atoms with Crippen LogP contribution in [0.1, 0.15) is 36.0 Å². The molecule has 2 aromatic carbocycles. The van der Waals surface area contributed by atoms with Crippen LogP contribution in [0.5, 0.6) is 5.75 Å². The van der Waals surface area contributed by atoms with Crippen LogP contribution in [0.2, 0.25) is 0 Å². The van der Waals surface area contributed by atoms with E-state index in [1.807, 2.05) is 35.2 Å². The molecule has 1 amide bonds. The molecule has 1 aliphatic rings. The van der Waals surface area contributed by atoms with Gasteiger partial charge in [-0.3, -0.25) is 4.79 Å². The molecule has 2 heterocycles. The first-order valence-electron chi connectivity index (χ1n) is 9.90. The van der Waals surface area contributed by atoms with Crippen LogP contribution in [0.3, 0.4) is 0 Å². The van der Waals surface area contributed by atoms with E-state index >= 15 is 0 Å². The number of rotatable bonds is 7. The van der Waals surface area contributed by atoms with Crippen LogP contribution in [0.15, 0.2) is 64.2 Å². The highest BCUT2D eigenvalue weighted by molar-refractivity contribution is 8.00. The lowest BCUT2D eigenvalue weighted by atomic mass is 10.1. The average Bonchev–Trinajstić information content (AvgIpc) is 3.25. The molecule has 1 aromatic heterocycles. The van der Waals surface area contributed by atoms with Crippen molar-refractivity contribution in [2.45, 2.75) is 36.3 Å². The van der Waals surface area contributed by atoms with Crippen LogP contribution < -0.4 is 4.74 Å². The van der Waals surface area contributed by atoms with Crippen molar-refractivity contribution in [3.63, 3.8) is 0 Å². The Kier molecular flexibility index (Phi) is 6.63. The molecule has 0 saturated carbocycles. The summed E-state index contributed by atoms with van der Waals surface area (Å²) in [6.07, 6.45) is 3.22. The van der Waals surface area contributed by atoms with Crippen molar-refractivity contribution in [1.29, 1.82) is 0 Å². The average molecular weight is 428 g/mol. The number of halogens is 1. The first-order chi connectivity index (χ1) is 14.7. The van der Waals surface area contributed by atoms with Crippen molar-refractivity contribution in [3.05, 3.63) is 71.9 Å². The topological polar surface area (TPSA) is 68.5 Å². The Bertz CT molecular complexity index is 959. The van der Waals surface area contributed by atoms with E-state index in [1.54, 1.807) is 0 Å². The molecule has 1 atom stereocenters. The number of carbonyl (C=O) groups is 1. The zero-order valence-corrected chi connectivity index (χ0v) is 17.2. The summed E-state index contributed by atoms with van der Waals surface area (Å²) < 4.78 is 24.2. The normalized spacial score (nSPS) is 15.0. The third-order valence-corrected chi connectivity index (χ3v) is 5.91. The predicted octanol–water partition coefficient (Wildman–Crippen LogP) is 4.63. The van der Waals surface area contributed by atoms with Crippen molar-refractivity contribution >= 4 is 17.7 Å². The van der Waals surface area contributed by atoms with Crippen LogP contribution in [0.4, 0.5) is 4.39 Å². The Morgan fingerprint density at radius 2 is 1.80 bits per heavy atom. The second kappa shape index (κ2) is 9.75. The molecule has 156 valence electrons. The van der Waals surface area contributed by atoms with Crippen molar-refractivity contribution in [2.75, 3.05) is 13.1 Å². The summed E-state index contributed by atoms with van der Waals surface area (Å²) in [7, 11) is 0. The van der Waals surface area contributed by atoms with Gasteiger partial charge in [-0.05, 0) is 60.9 Å². The minimum absolute atomic E-state index is 0.0632. The number of thioether (sulfide) groups is 1. The Labute approximate surface area is 178 Å². The number of carbonyl (C=O) groups excluding carboxylic acids is 1. The van der Waals surface area contributed by atoms with Gasteiger partial charge in [0.05, 0.1) is 0 Å². The summed E-state index contributed by atoms with van der Waals surface area (Å²) in [4.78, 5) is 15.1. The number of ether oxygens (including phenoxy) is 1. The summed E-state index contributed by atoms with van der Waals surface area (Å²) in [6.45, 7) is 1.63. The molecule has 1 aliphatic heterocycles. The molecule has 1 fully saturated rings. The summed E-state index contributed by atoms with van der Waals surface area (Å²) in [6, 6.07) is 15.3. The van der Waals surface area contributed by atoms with Gasteiger partial charge < -0.3 is 14.1 Å². The van der Waals surface area contributed by atoms with Gasteiger partial charge in [0, 0.05) is 13.1 Å². The number of likely N-dealkylation sites (tertiary alicyclic amines) is 1. The Morgan fingerprint density at radius 1 is 1.07 bits per heavy atom. The van der Waals surface area contributed by atoms with Gasteiger partial charge >= 0.3 is 0 Å². The van der Waals surface area contributed by atoms with Crippen LogP contribution in [0.25, 0.3) is 0 Å². The molecule has 6 nitrogen and oxygen atoms in total. The minimum atomic E-state index is -0.449. The van der Waals surface area contributed by atoms with Crippen molar-refractivity contribution in [1.82, 2.24) is 15.1 Å². The van der Waals surface area contributed by atoms with Crippen LogP contribution in [-0.2, 0) is 11.4 Å². The fourth-order valence-corrected chi connectivity index (χ4v) is 4.27. The highest BCUT2D eigenvalue weighted by Gasteiger charge is 2.29. The number of piperidine rings is 1. The van der Waals surface area contributed by atoms with E-state index < -0.39 is 5.25 Å². The number of aromatic nitrogens is 2. The Hall–Kier alpha value is -2.87. The quantitative estimate of drug-likeness (QED) is 0.512. The minimum Gasteiger partial charge on any atom is -0.484 e.